The maximum atomic E-state index is 3.94. The number of likely N-dealkylation sites (N-methyl/N-ethyl adjacent to an activating group) is 1. The van der Waals surface area contributed by atoms with E-state index in [1.807, 2.05) is 12.4 Å². The van der Waals surface area contributed by atoms with Crippen molar-refractivity contribution in [3.63, 3.8) is 0 Å². The van der Waals surface area contributed by atoms with E-state index in [4.69, 9.17) is 0 Å². The molecule has 2 heterocycles. The summed E-state index contributed by atoms with van der Waals surface area (Å²) in [5.41, 5.74) is 1.21. The SMILES string of the molecule is CN1CCN(c2cn[nH]c2)CC1. The molecule has 0 amide bonds. The van der Waals surface area contributed by atoms with E-state index >= 15 is 0 Å². The Hall–Kier alpha value is -1.03. The van der Waals surface area contributed by atoms with Gasteiger partial charge in [-0.3, -0.25) is 5.10 Å². The zero-order valence-corrected chi connectivity index (χ0v) is 7.32. The number of hydrogen-bond donors (Lipinski definition) is 1. The first kappa shape index (κ1) is 7.61. The monoisotopic (exact) mass is 166 g/mol. The van der Waals surface area contributed by atoms with Crippen molar-refractivity contribution in [2.24, 2.45) is 0 Å². The van der Waals surface area contributed by atoms with E-state index in [9.17, 15) is 0 Å². The molecule has 0 atom stereocenters. The topological polar surface area (TPSA) is 35.2 Å². The van der Waals surface area contributed by atoms with Crippen molar-refractivity contribution in [1.82, 2.24) is 15.1 Å². The number of hydrogen-bond acceptors (Lipinski definition) is 3. The van der Waals surface area contributed by atoms with Gasteiger partial charge in [0.05, 0.1) is 11.9 Å². The lowest BCUT2D eigenvalue weighted by atomic mass is 10.3. The van der Waals surface area contributed by atoms with E-state index in [0.717, 1.165) is 26.2 Å². The van der Waals surface area contributed by atoms with Crippen LogP contribution in [0, 0.1) is 0 Å². The van der Waals surface area contributed by atoms with Gasteiger partial charge in [0.25, 0.3) is 0 Å². The summed E-state index contributed by atoms with van der Waals surface area (Å²) in [6, 6.07) is 0. The summed E-state index contributed by atoms with van der Waals surface area (Å²) in [5, 5.41) is 6.77. The number of anilines is 1. The Kier molecular flexibility index (Phi) is 1.99. The number of rotatable bonds is 1. The first-order chi connectivity index (χ1) is 5.86. The van der Waals surface area contributed by atoms with Crippen molar-refractivity contribution in [2.75, 3.05) is 38.1 Å². The fraction of sp³-hybridized carbons (Fsp3) is 0.625. The molecule has 1 saturated heterocycles. The minimum absolute atomic E-state index is 1.11. The molecule has 1 N–H and O–H groups in total. The molecule has 4 nitrogen and oxygen atoms in total. The molecular formula is C8H14N4. The van der Waals surface area contributed by atoms with Gasteiger partial charge in [-0.15, -0.1) is 0 Å². The molecule has 12 heavy (non-hydrogen) atoms. The molecule has 0 bridgehead atoms. The average molecular weight is 166 g/mol. The van der Waals surface area contributed by atoms with Crippen molar-refractivity contribution in [3.8, 4) is 0 Å². The number of nitrogens with zero attached hydrogens (tertiary/aromatic N) is 3. The molecule has 66 valence electrons. The van der Waals surface area contributed by atoms with E-state index < -0.39 is 0 Å². The first-order valence-corrected chi connectivity index (χ1v) is 4.28. The molecule has 4 heteroatoms. The lowest BCUT2D eigenvalue weighted by Crippen LogP contribution is -2.44. The van der Waals surface area contributed by atoms with Crippen LogP contribution in [0.5, 0.6) is 0 Å². The van der Waals surface area contributed by atoms with Gasteiger partial charge in [-0.05, 0) is 7.05 Å². The van der Waals surface area contributed by atoms with Gasteiger partial charge in [0, 0.05) is 32.4 Å². The van der Waals surface area contributed by atoms with Crippen LogP contribution >= 0.6 is 0 Å². The summed E-state index contributed by atoms with van der Waals surface area (Å²) in [5.74, 6) is 0. The lowest BCUT2D eigenvalue weighted by molar-refractivity contribution is 0.313. The number of aromatic amines is 1. The van der Waals surface area contributed by atoms with Gasteiger partial charge in [-0.2, -0.15) is 5.10 Å². The van der Waals surface area contributed by atoms with E-state index in [-0.39, 0.29) is 0 Å². The molecule has 0 radical (unpaired) electrons. The van der Waals surface area contributed by atoms with Crippen molar-refractivity contribution in [1.29, 1.82) is 0 Å². The minimum atomic E-state index is 1.11. The molecule has 1 aromatic heterocycles. The van der Waals surface area contributed by atoms with Gasteiger partial charge >= 0.3 is 0 Å². The molecule has 2 rings (SSSR count). The molecule has 1 aromatic rings. The summed E-state index contributed by atoms with van der Waals surface area (Å²) in [6.07, 6.45) is 3.83. The normalized spacial score (nSPS) is 19.9. The Morgan fingerprint density at radius 1 is 1.33 bits per heavy atom. The van der Waals surface area contributed by atoms with E-state index in [1.54, 1.807) is 0 Å². The summed E-state index contributed by atoms with van der Waals surface area (Å²) in [4.78, 5) is 4.69. The van der Waals surface area contributed by atoms with Gasteiger partial charge in [0.2, 0.25) is 0 Å². The smallest absolute Gasteiger partial charge is 0.0750 e. The second-order valence-corrected chi connectivity index (χ2v) is 3.25. The fourth-order valence-electron chi connectivity index (χ4n) is 1.48. The highest BCUT2D eigenvalue weighted by Crippen LogP contribution is 2.12. The fourth-order valence-corrected chi connectivity index (χ4v) is 1.48. The van der Waals surface area contributed by atoms with Crippen molar-refractivity contribution >= 4 is 5.69 Å². The Bertz CT molecular complexity index is 223. The second kappa shape index (κ2) is 3.15. The molecule has 0 aliphatic carbocycles. The zero-order valence-electron chi connectivity index (χ0n) is 7.32. The molecule has 1 fully saturated rings. The number of nitrogens with one attached hydrogen (secondary N) is 1. The van der Waals surface area contributed by atoms with Gasteiger partial charge in [-0.1, -0.05) is 0 Å². The number of H-pyrrole nitrogens is 1. The van der Waals surface area contributed by atoms with Crippen LogP contribution in [0.3, 0.4) is 0 Å². The van der Waals surface area contributed by atoms with Crippen LogP contribution in [0.15, 0.2) is 12.4 Å². The Morgan fingerprint density at radius 3 is 2.67 bits per heavy atom. The van der Waals surface area contributed by atoms with Crippen LogP contribution in [0.2, 0.25) is 0 Å². The van der Waals surface area contributed by atoms with Crippen LogP contribution in [0.1, 0.15) is 0 Å². The standard InChI is InChI=1S/C8H14N4/c1-11-2-4-12(5-3-11)8-6-9-10-7-8/h6-7H,2-5H2,1H3,(H,9,10). The van der Waals surface area contributed by atoms with Crippen LogP contribution in [0.4, 0.5) is 5.69 Å². The van der Waals surface area contributed by atoms with Crippen LogP contribution in [-0.2, 0) is 0 Å². The predicted octanol–water partition coefficient (Wildman–Crippen LogP) is 0.161. The van der Waals surface area contributed by atoms with E-state index in [1.165, 1.54) is 5.69 Å². The third-order valence-electron chi connectivity index (χ3n) is 2.35. The van der Waals surface area contributed by atoms with Crippen molar-refractivity contribution < 1.29 is 0 Å². The van der Waals surface area contributed by atoms with Crippen LogP contribution in [-0.4, -0.2) is 48.3 Å². The van der Waals surface area contributed by atoms with Gasteiger partial charge < -0.3 is 9.80 Å². The Labute approximate surface area is 72.2 Å². The van der Waals surface area contributed by atoms with Gasteiger partial charge in [-0.25, -0.2) is 0 Å². The van der Waals surface area contributed by atoms with E-state index in [0.29, 0.717) is 0 Å². The number of piperazine rings is 1. The zero-order chi connectivity index (χ0) is 8.39. The molecule has 0 spiro atoms. The highest BCUT2D eigenvalue weighted by molar-refractivity contribution is 5.42. The maximum Gasteiger partial charge on any atom is 0.0750 e. The Balaban J connectivity index is 1.99. The van der Waals surface area contributed by atoms with Crippen molar-refractivity contribution in [2.45, 2.75) is 0 Å². The van der Waals surface area contributed by atoms with Crippen LogP contribution in [0.25, 0.3) is 0 Å². The summed E-state index contributed by atoms with van der Waals surface area (Å²) >= 11 is 0. The second-order valence-electron chi connectivity index (χ2n) is 3.25. The van der Waals surface area contributed by atoms with Gasteiger partial charge in [0.15, 0.2) is 0 Å². The third kappa shape index (κ3) is 1.43. The van der Waals surface area contributed by atoms with Crippen molar-refractivity contribution in [3.05, 3.63) is 12.4 Å². The molecular weight excluding hydrogens is 152 g/mol. The number of aromatic nitrogens is 2. The average Bonchev–Trinajstić information content (AvgIpc) is 2.58. The third-order valence-corrected chi connectivity index (χ3v) is 2.35. The Morgan fingerprint density at radius 2 is 2.08 bits per heavy atom. The van der Waals surface area contributed by atoms with Gasteiger partial charge in [0.1, 0.15) is 0 Å². The highest BCUT2D eigenvalue weighted by atomic mass is 15.3. The summed E-state index contributed by atoms with van der Waals surface area (Å²) in [6.45, 7) is 4.50. The minimum Gasteiger partial charge on any atom is -0.366 e. The van der Waals surface area contributed by atoms with E-state index in [2.05, 4.69) is 27.0 Å². The first-order valence-electron chi connectivity index (χ1n) is 4.28. The quantitative estimate of drug-likeness (QED) is 0.645. The highest BCUT2D eigenvalue weighted by Gasteiger charge is 2.14. The molecule has 0 aromatic carbocycles. The predicted molar refractivity (Wildman–Crippen MR) is 48.3 cm³/mol. The summed E-state index contributed by atoms with van der Waals surface area (Å²) < 4.78 is 0. The molecule has 0 saturated carbocycles. The molecule has 1 aliphatic rings. The summed E-state index contributed by atoms with van der Waals surface area (Å²) in [7, 11) is 2.16. The molecule has 0 unspecified atom stereocenters. The van der Waals surface area contributed by atoms with Crippen LogP contribution < -0.4 is 4.90 Å². The lowest BCUT2D eigenvalue weighted by Gasteiger charge is -2.32. The maximum absolute atomic E-state index is 3.94. The largest absolute Gasteiger partial charge is 0.366 e. The molecule has 1 aliphatic heterocycles.